The number of amides is 1. The standard InChI is InChI=1S/C24H25N5O3S/c1-2-16-11-17(3-6-21(16)28-33(31,32)14-24(13-25)8-9-24)20-12-22(29(15-30)18-4-5-18)27-23-19(20)7-10-26-23/h3,6-7,10-12,15,18,28H,2,4-5,8-9,14H2,1H3,(H,26,27). The lowest BCUT2D eigenvalue weighted by Crippen LogP contribution is -2.24. The van der Waals surface area contributed by atoms with E-state index in [1.165, 1.54) is 0 Å². The van der Waals surface area contributed by atoms with Crippen molar-refractivity contribution in [3.05, 3.63) is 42.1 Å². The van der Waals surface area contributed by atoms with Crippen LogP contribution in [0.4, 0.5) is 11.5 Å². The second-order valence-corrected chi connectivity index (χ2v) is 10.7. The molecule has 5 rings (SSSR count). The highest BCUT2D eigenvalue weighted by Crippen LogP contribution is 2.46. The molecule has 0 radical (unpaired) electrons. The average Bonchev–Trinajstić information content (AvgIpc) is 3.72. The first kappa shape index (κ1) is 21.5. The molecule has 2 aromatic heterocycles. The highest BCUT2D eigenvalue weighted by molar-refractivity contribution is 7.92. The van der Waals surface area contributed by atoms with Crippen molar-refractivity contribution in [2.24, 2.45) is 5.41 Å². The second-order valence-electron chi connectivity index (χ2n) is 8.99. The van der Waals surface area contributed by atoms with Gasteiger partial charge in [0.2, 0.25) is 16.4 Å². The summed E-state index contributed by atoms with van der Waals surface area (Å²) in [5.74, 6) is 0.424. The van der Waals surface area contributed by atoms with Crippen molar-refractivity contribution in [2.45, 2.75) is 45.1 Å². The predicted molar refractivity (Wildman–Crippen MR) is 127 cm³/mol. The Morgan fingerprint density at radius 1 is 1.30 bits per heavy atom. The van der Waals surface area contributed by atoms with Gasteiger partial charge in [-0.05, 0) is 73.1 Å². The fourth-order valence-electron chi connectivity index (χ4n) is 4.24. The number of hydrogen-bond donors (Lipinski definition) is 2. The Kier molecular flexibility index (Phi) is 5.13. The van der Waals surface area contributed by atoms with E-state index in [1.807, 2.05) is 37.4 Å². The van der Waals surface area contributed by atoms with Crippen molar-refractivity contribution < 1.29 is 13.2 Å². The molecule has 2 heterocycles. The average molecular weight is 464 g/mol. The number of hydrogen-bond acceptors (Lipinski definition) is 5. The minimum atomic E-state index is -3.63. The van der Waals surface area contributed by atoms with E-state index in [1.54, 1.807) is 11.0 Å². The SMILES string of the molecule is CCc1cc(-c2cc(N(C=O)C3CC3)nc3[nH]ccc23)ccc1NS(=O)(=O)CC1(C#N)CC1. The zero-order valence-corrected chi connectivity index (χ0v) is 19.2. The molecule has 33 heavy (non-hydrogen) atoms. The monoisotopic (exact) mass is 463 g/mol. The summed E-state index contributed by atoms with van der Waals surface area (Å²) in [6.07, 6.45) is 6.48. The van der Waals surface area contributed by atoms with E-state index < -0.39 is 15.4 Å². The normalized spacial score (nSPS) is 16.8. The fourth-order valence-corrected chi connectivity index (χ4v) is 5.92. The topological polar surface area (TPSA) is 119 Å². The zero-order chi connectivity index (χ0) is 23.2. The molecular formula is C24H25N5O3S. The minimum Gasteiger partial charge on any atom is -0.346 e. The second kappa shape index (κ2) is 7.89. The van der Waals surface area contributed by atoms with Crippen molar-refractivity contribution in [1.29, 1.82) is 5.26 Å². The molecule has 170 valence electrons. The van der Waals surface area contributed by atoms with Crippen LogP contribution in [0.5, 0.6) is 0 Å². The number of aromatic nitrogens is 2. The van der Waals surface area contributed by atoms with Crippen LogP contribution in [0.2, 0.25) is 0 Å². The molecule has 2 N–H and O–H groups in total. The van der Waals surface area contributed by atoms with Gasteiger partial charge < -0.3 is 4.98 Å². The molecule has 0 bridgehead atoms. The van der Waals surface area contributed by atoms with Gasteiger partial charge in [0.1, 0.15) is 11.5 Å². The van der Waals surface area contributed by atoms with Crippen LogP contribution in [0.25, 0.3) is 22.2 Å². The van der Waals surface area contributed by atoms with E-state index in [-0.39, 0.29) is 11.8 Å². The van der Waals surface area contributed by atoms with E-state index in [2.05, 4.69) is 20.8 Å². The third-order valence-electron chi connectivity index (χ3n) is 6.45. The highest BCUT2D eigenvalue weighted by Gasteiger charge is 2.47. The van der Waals surface area contributed by atoms with E-state index in [9.17, 15) is 18.5 Å². The number of H-pyrrole nitrogens is 1. The predicted octanol–water partition coefficient (Wildman–Crippen LogP) is 3.96. The van der Waals surface area contributed by atoms with E-state index >= 15 is 0 Å². The molecule has 0 saturated heterocycles. The van der Waals surface area contributed by atoms with Crippen LogP contribution >= 0.6 is 0 Å². The van der Waals surface area contributed by atoms with Gasteiger partial charge in [-0.1, -0.05) is 13.0 Å². The first-order valence-corrected chi connectivity index (χ1v) is 12.8. The molecule has 1 amide bonds. The maximum atomic E-state index is 12.7. The largest absolute Gasteiger partial charge is 0.346 e. The van der Waals surface area contributed by atoms with Gasteiger partial charge in [0.25, 0.3) is 0 Å². The highest BCUT2D eigenvalue weighted by atomic mass is 32.2. The van der Waals surface area contributed by atoms with Crippen molar-refractivity contribution in [3.63, 3.8) is 0 Å². The molecule has 0 aliphatic heterocycles. The Hall–Kier alpha value is -3.38. The number of sulfonamides is 1. The summed E-state index contributed by atoms with van der Waals surface area (Å²) in [5.41, 5.74) is 3.19. The van der Waals surface area contributed by atoms with Gasteiger partial charge >= 0.3 is 0 Å². The number of carbonyl (C=O) groups is 1. The number of fused-ring (bicyclic) bond motifs is 1. The quantitative estimate of drug-likeness (QED) is 0.466. The molecule has 2 aliphatic rings. The van der Waals surface area contributed by atoms with Crippen LogP contribution in [-0.4, -0.2) is 36.6 Å². The smallest absolute Gasteiger partial charge is 0.234 e. The number of pyridine rings is 1. The molecule has 8 nitrogen and oxygen atoms in total. The Bertz CT molecular complexity index is 1380. The number of nitrogens with zero attached hydrogens (tertiary/aromatic N) is 3. The zero-order valence-electron chi connectivity index (χ0n) is 18.3. The third-order valence-corrected chi connectivity index (χ3v) is 7.92. The van der Waals surface area contributed by atoms with Gasteiger partial charge in [0, 0.05) is 17.6 Å². The molecular weight excluding hydrogens is 438 g/mol. The van der Waals surface area contributed by atoms with Crippen LogP contribution < -0.4 is 9.62 Å². The van der Waals surface area contributed by atoms with Crippen molar-refractivity contribution in [1.82, 2.24) is 9.97 Å². The van der Waals surface area contributed by atoms with Crippen molar-refractivity contribution >= 4 is 39.0 Å². The van der Waals surface area contributed by atoms with Crippen LogP contribution in [0.3, 0.4) is 0 Å². The lowest BCUT2D eigenvalue weighted by Gasteiger charge is -2.18. The molecule has 2 saturated carbocycles. The van der Waals surface area contributed by atoms with E-state index in [4.69, 9.17) is 0 Å². The lowest BCUT2D eigenvalue weighted by molar-refractivity contribution is -0.107. The minimum absolute atomic E-state index is 0.179. The number of aryl methyl sites for hydroxylation is 1. The van der Waals surface area contributed by atoms with Crippen LogP contribution in [0.1, 0.15) is 38.2 Å². The van der Waals surface area contributed by atoms with Gasteiger partial charge in [0.05, 0.1) is 22.9 Å². The van der Waals surface area contributed by atoms with Crippen molar-refractivity contribution in [3.8, 4) is 17.2 Å². The number of rotatable bonds is 9. The van der Waals surface area contributed by atoms with Crippen LogP contribution in [0.15, 0.2) is 36.5 Å². The molecule has 9 heteroatoms. The summed E-state index contributed by atoms with van der Waals surface area (Å²) >= 11 is 0. The number of anilines is 2. The summed E-state index contributed by atoms with van der Waals surface area (Å²) in [4.78, 5) is 21.2. The Balaban J connectivity index is 1.51. The lowest BCUT2D eigenvalue weighted by atomic mass is 9.99. The van der Waals surface area contributed by atoms with Gasteiger partial charge in [-0.15, -0.1) is 0 Å². The summed E-state index contributed by atoms with van der Waals surface area (Å²) < 4.78 is 28.1. The molecule has 1 aromatic carbocycles. The number of aromatic amines is 1. The fraction of sp³-hybridized carbons (Fsp3) is 0.375. The summed E-state index contributed by atoms with van der Waals surface area (Å²) in [6, 6.07) is 11.8. The molecule has 2 aliphatic carbocycles. The summed E-state index contributed by atoms with van der Waals surface area (Å²) in [7, 11) is -3.63. The van der Waals surface area contributed by atoms with Crippen LogP contribution in [0, 0.1) is 16.7 Å². The number of nitrogens with one attached hydrogen (secondary N) is 2. The van der Waals surface area contributed by atoms with E-state index in [0.717, 1.165) is 41.3 Å². The van der Waals surface area contributed by atoms with E-state index in [0.29, 0.717) is 36.4 Å². The summed E-state index contributed by atoms with van der Waals surface area (Å²) in [5, 5.41) is 10.2. The van der Waals surface area contributed by atoms with Crippen LogP contribution in [-0.2, 0) is 21.2 Å². The maximum Gasteiger partial charge on any atom is 0.234 e. The first-order valence-electron chi connectivity index (χ1n) is 11.1. The van der Waals surface area contributed by atoms with Gasteiger partial charge in [-0.3, -0.25) is 14.4 Å². The maximum absolute atomic E-state index is 12.7. The van der Waals surface area contributed by atoms with Gasteiger partial charge in [-0.25, -0.2) is 13.4 Å². The molecule has 0 atom stereocenters. The molecule has 0 unspecified atom stereocenters. The Labute approximate surface area is 192 Å². The molecule has 2 fully saturated rings. The summed E-state index contributed by atoms with van der Waals surface area (Å²) in [6.45, 7) is 1.97. The number of benzene rings is 1. The Morgan fingerprint density at radius 2 is 2.09 bits per heavy atom. The van der Waals surface area contributed by atoms with Gasteiger partial charge in [0.15, 0.2) is 0 Å². The Morgan fingerprint density at radius 3 is 2.73 bits per heavy atom. The number of carbonyl (C=O) groups excluding carboxylic acids is 1. The van der Waals surface area contributed by atoms with Crippen molar-refractivity contribution in [2.75, 3.05) is 15.4 Å². The first-order chi connectivity index (χ1) is 15.9. The molecule has 3 aromatic rings. The molecule has 0 spiro atoms. The van der Waals surface area contributed by atoms with Gasteiger partial charge in [-0.2, -0.15) is 5.26 Å². The number of nitriles is 1. The third kappa shape index (κ3) is 4.18.